The van der Waals surface area contributed by atoms with Gasteiger partial charge in [0.2, 0.25) is 0 Å². The molecule has 0 aliphatic rings. The van der Waals surface area contributed by atoms with Crippen LogP contribution in [0, 0.1) is 6.92 Å². The Kier molecular flexibility index (Phi) is 5.91. The van der Waals surface area contributed by atoms with Gasteiger partial charge in [0.1, 0.15) is 21.4 Å². The van der Waals surface area contributed by atoms with E-state index in [4.69, 9.17) is 22.3 Å². The van der Waals surface area contributed by atoms with Crippen LogP contribution >= 0.6 is 46.0 Å². The molecule has 0 unspecified atom stereocenters. The fraction of sp³-hybridized carbons (Fsp3) is 0.316. The van der Waals surface area contributed by atoms with Crippen LogP contribution in [-0.4, -0.2) is 31.2 Å². The average Bonchev–Trinajstić information content (AvgIpc) is 3.40. The highest BCUT2D eigenvalue weighted by molar-refractivity contribution is 8.01. The second-order valence-corrected chi connectivity index (χ2v) is 10.0. The number of anilines is 1. The first-order chi connectivity index (χ1) is 13.6. The van der Waals surface area contributed by atoms with Crippen LogP contribution in [0.25, 0.3) is 32.2 Å². The third kappa shape index (κ3) is 3.66. The summed E-state index contributed by atoms with van der Waals surface area (Å²) in [4.78, 5) is 14.7. The van der Waals surface area contributed by atoms with Crippen molar-refractivity contribution in [2.75, 3.05) is 17.4 Å². The molecular weight excluding hydrogens is 430 g/mol. The Morgan fingerprint density at radius 2 is 2.14 bits per heavy atom. The predicted molar refractivity (Wildman–Crippen MR) is 123 cm³/mol. The van der Waals surface area contributed by atoms with Gasteiger partial charge in [-0.1, -0.05) is 0 Å². The van der Waals surface area contributed by atoms with Gasteiger partial charge in [-0.05, 0) is 31.6 Å². The predicted octanol–water partition coefficient (Wildman–Crippen LogP) is 5.82. The Labute approximate surface area is 181 Å². The molecule has 0 aliphatic carbocycles. The van der Waals surface area contributed by atoms with Gasteiger partial charge in [0.25, 0.3) is 0 Å². The van der Waals surface area contributed by atoms with E-state index in [-0.39, 0.29) is 0 Å². The molecule has 0 fully saturated rings. The molecule has 0 saturated heterocycles. The van der Waals surface area contributed by atoms with Crippen molar-refractivity contribution in [3.63, 3.8) is 0 Å². The fourth-order valence-electron chi connectivity index (χ4n) is 2.98. The van der Waals surface area contributed by atoms with E-state index in [2.05, 4.69) is 20.6 Å². The van der Waals surface area contributed by atoms with Crippen LogP contribution in [0.2, 0.25) is 0 Å². The number of pyridine rings is 1. The summed E-state index contributed by atoms with van der Waals surface area (Å²) in [5.74, 6) is 2.66. The van der Waals surface area contributed by atoms with Crippen molar-refractivity contribution in [3.05, 3.63) is 29.7 Å². The molecule has 28 heavy (non-hydrogen) atoms. The number of nitrogen functional groups attached to an aromatic ring is 1. The van der Waals surface area contributed by atoms with Crippen LogP contribution in [0.1, 0.15) is 18.7 Å². The Hall–Kier alpha value is -1.61. The van der Waals surface area contributed by atoms with E-state index >= 15 is 0 Å². The van der Waals surface area contributed by atoms with E-state index in [1.807, 2.05) is 25.5 Å². The quantitative estimate of drug-likeness (QED) is 0.218. The van der Waals surface area contributed by atoms with Gasteiger partial charge in [0.05, 0.1) is 21.8 Å². The summed E-state index contributed by atoms with van der Waals surface area (Å²) < 4.78 is 3.21. The van der Waals surface area contributed by atoms with Crippen molar-refractivity contribution < 1.29 is 0 Å². The first-order valence-corrected chi connectivity index (χ1v) is 12.1. The van der Waals surface area contributed by atoms with Crippen LogP contribution in [0.5, 0.6) is 0 Å². The van der Waals surface area contributed by atoms with Gasteiger partial charge < -0.3 is 10.3 Å². The molecule has 0 saturated carbocycles. The molecule has 4 aromatic heterocycles. The number of hydrogen-bond donors (Lipinski definition) is 1. The van der Waals surface area contributed by atoms with E-state index in [1.165, 1.54) is 0 Å². The fourth-order valence-corrected chi connectivity index (χ4v) is 6.14. The van der Waals surface area contributed by atoms with E-state index < -0.39 is 0 Å². The Balaban J connectivity index is 1.86. The zero-order valence-electron chi connectivity index (χ0n) is 15.6. The number of aryl methyl sites for hydroxylation is 1. The highest BCUT2D eigenvalue weighted by atomic mass is 35.5. The third-order valence-corrected chi connectivity index (χ3v) is 8.11. The second-order valence-electron chi connectivity index (χ2n) is 6.37. The molecule has 146 valence electrons. The summed E-state index contributed by atoms with van der Waals surface area (Å²) in [6.07, 6.45) is 5.81. The number of rotatable bonds is 7. The van der Waals surface area contributed by atoms with Crippen molar-refractivity contribution >= 4 is 61.9 Å². The number of aromatic nitrogens is 4. The van der Waals surface area contributed by atoms with Crippen molar-refractivity contribution in [1.82, 2.24) is 19.5 Å². The molecule has 9 heteroatoms. The minimum absolute atomic E-state index is 0.700. The van der Waals surface area contributed by atoms with Crippen LogP contribution in [0.4, 0.5) is 5.69 Å². The molecular formula is C19H20ClN5S3. The summed E-state index contributed by atoms with van der Waals surface area (Å²) >= 11 is 10.8. The lowest BCUT2D eigenvalue weighted by molar-refractivity contribution is 0.865. The van der Waals surface area contributed by atoms with Crippen molar-refractivity contribution in [2.24, 2.45) is 7.05 Å². The smallest absolute Gasteiger partial charge is 0.141 e. The number of thiophene rings is 1. The normalized spacial score (nSPS) is 11.5. The molecule has 5 nitrogen and oxygen atoms in total. The number of imidazole rings is 1. The number of hydrogen-bond acceptors (Lipinski definition) is 7. The lowest BCUT2D eigenvalue weighted by Crippen LogP contribution is -1.97. The molecule has 0 bridgehead atoms. The molecule has 0 aromatic carbocycles. The molecule has 0 amide bonds. The monoisotopic (exact) mass is 449 g/mol. The second kappa shape index (κ2) is 8.41. The lowest BCUT2D eigenvalue weighted by Gasteiger charge is -2.08. The summed E-state index contributed by atoms with van der Waals surface area (Å²) in [6.45, 7) is 2.00. The van der Waals surface area contributed by atoms with E-state index in [0.29, 0.717) is 5.88 Å². The molecule has 4 heterocycles. The molecule has 0 radical (unpaired) electrons. The van der Waals surface area contributed by atoms with Gasteiger partial charge >= 0.3 is 0 Å². The van der Waals surface area contributed by atoms with Crippen LogP contribution < -0.4 is 5.73 Å². The van der Waals surface area contributed by atoms with Gasteiger partial charge in [0.15, 0.2) is 0 Å². The van der Waals surface area contributed by atoms with Gasteiger partial charge in [0, 0.05) is 35.5 Å². The lowest BCUT2D eigenvalue weighted by atomic mass is 10.1. The van der Waals surface area contributed by atoms with Crippen LogP contribution in [0.15, 0.2) is 28.0 Å². The molecule has 0 aliphatic heterocycles. The van der Waals surface area contributed by atoms with Crippen molar-refractivity contribution in [3.8, 4) is 22.0 Å². The molecule has 4 rings (SSSR count). The summed E-state index contributed by atoms with van der Waals surface area (Å²) in [7, 11) is 2.03. The number of halogens is 1. The van der Waals surface area contributed by atoms with Crippen LogP contribution in [-0.2, 0) is 7.05 Å². The van der Waals surface area contributed by atoms with Crippen molar-refractivity contribution in [1.29, 1.82) is 0 Å². The number of thioether (sulfide) groups is 1. The molecule has 0 spiro atoms. The topological polar surface area (TPSA) is 69.6 Å². The largest absolute Gasteiger partial charge is 0.397 e. The van der Waals surface area contributed by atoms with Gasteiger partial charge in [-0.25, -0.2) is 15.0 Å². The van der Waals surface area contributed by atoms with Gasteiger partial charge in [-0.2, -0.15) is 0 Å². The summed E-state index contributed by atoms with van der Waals surface area (Å²) in [5.41, 5.74) is 10.4. The summed E-state index contributed by atoms with van der Waals surface area (Å²) in [5, 5.41) is 3.88. The Morgan fingerprint density at radius 1 is 1.29 bits per heavy atom. The summed E-state index contributed by atoms with van der Waals surface area (Å²) in [6, 6.07) is 2.09. The minimum Gasteiger partial charge on any atom is -0.397 e. The third-order valence-electron chi connectivity index (χ3n) is 4.57. The maximum atomic E-state index is 6.60. The highest BCUT2D eigenvalue weighted by Crippen LogP contribution is 2.45. The van der Waals surface area contributed by atoms with E-state index in [0.717, 1.165) is 66.5 Å². The van der Waals surface area contributed by atoms with Crippen molar-refractivity contribution in [2.45, 2.75) is 24.0 Å². The maximum absolute atomic E-state index is 6.60. The zero-order chi connectivity index (χ0) is 19.7. The number of thiazole rings is 1. The SMILES string of the molecule is Cc1ncc(-c2cc(-c3nccs3)nc3sc(SCCCCCl)c(N)c23)n1C. The molecule has 2 N–H and O–H groups in total. The Bertz CT molecular complexity index is 1100. The number of alkyl halides is 1. The van der Waals surface area contributed by atoms with Gasteiger partial charge in [-0.15, -0.1) is 46.0 Å². The number of fused-ring (bicyclic) bond motifs is 1. The zero-order valence-corrected chi connectivity index (χ0v) is 18.8. The first kappa shape index (κ1) is 19.7. The standard InChI is InChI=1S/C19H20ClN5S3/c1-11-23-10-14(25(11)2)12-9-13(17-22-6-8-26-17)24-18-15(12)16(21)19(28-18)27-7-4-3-5-20/h6,8-10H,3-5,7,21H2,1-2H3. The number of unbranched alkanes of at least 4 members (excludes halogenated alkanes) is 1. The number of nitrogens with zero attached hydrogens (tertiary/aromatic N) is 4. The molecule has 4 aromatic rings. The van der Waals surface area contributed by atoms with E-state index in [1.54, 1.807) is 40.6 Å². The highest BCUT2D eigenvalue weighted by Gasteiger charge is 2.20. The van der Waals surface area contributed by atoms with E-state index in [9.17, 15) is 0 Å². The average molecular weight is 450 g/mol. The Morgan fingerprint density at radius 3 is 2.82 bits per heavy atom. The van der Waals surface area contributed by atoms with Gasteiger partial charge in [-0.3, -0.25) is 0 Å². The first-order valence-electron chi connectivity index (χ1n) is 8.90. The maximum Gasteiger partial charge on any atom is 0.141 e. The molecule has 0 atom stereocenters. The number of nitrogens with two attached hydrogens (primary N) is 1. The van der Waals surface area contributed by atoms with Crippen LogP contribution in [0.3, 0.4) is 0 Å². The minimum atomic E-state index is 0.700.